The molecular weight excluding hydrogens is 773 g/mol. The van der Waals surface area contributed by atoms with Gasteiger partial charge in [-0.25, -0.2) is 0 Å². The van der Waals surface area contributed by atoms with Crippen molar-refractivity contribution in [1.29, 1.82) is 0 Å². The van der Waals surface area contributed by atoms with Gasteiger partial charge in [0, 0.05) is 12.8 Å². The van der Waals surface area contributed by atoms with Crippen molar-refractivity contribution in [2.75, 3.05) is 19.8 Å². The minimum Gasteiger partial charge on any atom is -0.462 e. The van der Waals surface area contributed by atoms with Crippen molar-refractivity contribution in [3.8, 4) is 0 Å². The zero-order valence-electron chi connectivity index (χ0n) is 39.4. The molecule has 1 rings (SSSR count). The summed E-state index contributed by atoms with van der Waals surface area (Å²) in [7, 11) is 0. The standard InChI is InChI=1S/C51H96O10/c1-3-5-7-9-11-13-15-17-18-19-20-21-22-23-24-25-26-28-29-31-33-35-37-39-46(53)58-42-44(43-59-51-50(57)49(56)48(55)45(41-52)61-51)60-47(54)40-38-36-34-32-30-27-16-14-12-10-8-6-4-2/h14,16,44-45,48-52,55-57H,3-13,15,17-43H2,1-2H3/b16-14+/t44-,45-,48+,49?,50?,51-/m0/s1. The molecule has 6 atom stereocenters. The second-order valence-corrected chi connectivity index (χ2v) is 18.0. The van der Waals surface area contributed by atoms with Crippen LogP contribution in [0.3, 0.4) is 0 Å². The van der Waals surface area contributed by atoms with Crippen molar-refractivity contribution in [3.05, 3.63) is 12.2 Å². The first-order valence-electron chi connectivity index (χ1n) is 25.8. The molecule has 0 spiro atoms. The zero-order valence-corrected chi connectivity index (χ0v) is 39.4. The maximum absolute atomic E-state index is 12.8. The Morgan fingerprint density at radius 2 is 0.869 bits per heavy atom. The van der Waals surface area contributed by atoms with Crippen LogP contribution >= 0.6 is 0 Å². The summed E-state index contributed by atoms with van der Waals surface area (Å²) < 4.78 is 22.2. The van der Waals surface area contributed by atoms with Crippen LogP contribution in [0.5, 0.6) is 0 Å². The maximum Gasteiger partial charge on any atom is 0.306 e. The Morgan fingerprint density at radius 1 is 0.492 bits per heavy atom. The van der Waals surface area contributed by atoms with Gasteiger partial charge in [0.25, 0.3) is 0 Å². The molecule has 2 unspecified atom stereocenters. The summed E-state index contributed by atoms with van der Waals surface area (Å²) in [6.07, 6.45) is 39.4. The van der Waals surface area contributed by atoms with E-state index in [9.17, 15) is 30.0 Å². The van der Waals surface area contributed by atoms with Gasteiger partial charge in [-0.05, 0) is 38.5 Å². The molecule has 1 fully saturated rings. The number of carbonyl (C=O) groups is 2. The molecule has 10 nitrogen and oxygen atoms in total. The molecular formula is C51H96O10. The lowest BCUT2D eigenvalue weighted by Gasteiger charge is -2.39. The highest BCUT2D eigenvalue weighted by Crippen LogP contribution is 2.23. The number of esters is 2. The molecule has 1 heterocycles. The van der Waals surface area contributed by atoms with Crippen LogP contribution in [0, 0.1) is 0 Å². The van der Waals surface area contributed by atoms with E-state index < -0.39 is 49.4 Å². The highest BCUT2D eigenvalue weighted by Gasteiger charge is 2.44. The van der Waals surface area contributed by atoms with Crippen LogP contribution in [0.1, 0.15) is 245 Å². The summed E-state index contributed by atoms with van der Waals surface area (Å²) in [6.45, 7) is 3.44. The minimum atomic E-state index is -1.59. The normalized spacial score (nSPS) is 19.7. The van der Waals surface area contributed by atoms with Gasteiger partial charge in [-0.2, -0.15) is 0 Å². The van der Waals surface area contributed by atoms with Gasteiger partial charge in [-0.15, -0.1) is 0 Å². The number of aliphatic hydroxyl groups is 4. The fourth-order valence-corrected chi connectivity index (χ4v) is 8.07. The number of hydrogen-bond acceptors (Lipinski definition) is 10. The van der Waals surface area contributed by atoms with Crippen LogP contribution in [0.4, 0.5) is 0 Å². The first-order chi connectivity index (χ1) is 29.8. The Bertz CT molecular complexity index is 1010. The van der Waals surface area contributed by atoms with Gasteiger partial charge >= 0.3 is 11.9 Å². The lowest BCUT2D eigenvalue weighted by atomic mass is 9.99. The number of carbonyl (C=O) groups excluding carboxylic acids is 2. The van der Waals surface area contributed by atoms with Crippen molar-refractivity contribution < 1.29 is 49.0 Å². The number of aliphatic hydroxyl groups excluding tert-OH is 4. The average Bonchev–Trinajstić information content (AvgIpc) is 3.26. The molecule has 0 saturated carbocycles. The summed E-state index contributed by atoms with van der Waals surface area (Å²) in [4.78, 5) is 25.4. The highest BCUT2D eigenvalue weighted by molar-refractivity contribution is 5.70. The molecule has 0 aromatic carbocycles. The Morgan fingerprint density at radius 3 is 1.30 bits per heavy atom. The second kappa shape index (κ2) is 42.4. The SMILES string of the molecule is CCCCCC/C=C/CCCCCCCC(=O)O[C@@H](COC(=O)CCCCCCCCCCCCCCCCCCCCCCCCC)CO[C@H]1O[C@@H](CO)[C@@H](O)C(O)C1O. The topological polar surface area (TPSA) is 152 Å². The van der Waals surface area contributed by atoms with Crippen LogP contribution in [-0.2, 0) is 28.5 Å². The number of rotatable bonds is 44. The predicted octanol–water partition coefficient (Wildman–Crippen LogP) is 11.9. The van der Waals surface area contributed by atoms with E-state index >= 15 is 0 Å². The van der Waals surface area contributed by atoms with Crippen molar-refractivity contribution >= 4 is 11.9 Å². The van der Waals surface area contributed by atoms with E-state index in [1.54, 1.807) is 0 Å². The third kappa shape index (κ3) is 33.6. The maximum atomic E-state index is 12.8. The van der Waals surface area contributed by atoms with Gasteiger partial charge in [0.1, 0.15) is 31.0 Å². The summed E-state index contributed by atoms with van der Waals surface area (Å²) in [6, 6.07) is 0. The van der Waals surface area contributed by atoms with Crippen LogP contribution in [-0.4, -0.2) is 89.0 Å². The van der Waals surface area contributed by atoms with E-state index in [1.807, 2.05) is 0 Å². The van der Waals surface area contributed by atoms with Gasteiger partial charge < -0.3 is 39.4 Å². The first-order valence-corrected chi connectivity index (χ1v) is 25.8. The average molecular weight is 869 g/mol. The van der Waals surface area contributed by atoms with E-state index in [-0.39, 0.29) is 32.0 Å². The molecule has 360 valence electrons. The first kappa shape index (κ1) is 57.5. The monoisotopic (exact) mass is 869 g/mol. The van der Waals surface area contributed by atoms with Crippen molar-refractivity contribution in [3.63, 3.8) is 0 Å². The van der Waals surface area contributed by atoms with E-state index in [1.165, 1.54) is 154 Å². The molecule has 0 amide bonds. The van der Waals surface area contributed by atoms with E-state index in [2.05, 4.69) is 26.0 Å². The minimum absolute atomic E-state index is 0.215. The Balaban J connectivity index is 2.20. The van der Waals surface area contributed by atoms with Crippen LogP contribution in [0.2, 0.25) is 0 Å². The predicted molar refractivity (Wildman–Crippen MR) is 247 cm³/mol. The molecule has 1 aliphatic heterocycles. The summed E-state index contributed by atoms with van der Waals surface area (Å²) in [5.41, 5.74) is 0. The number of hydrogen-bond donors (Lipinski definition) is 4. The number of allylic oxidation sites excluding steroid dienone is 2. The fraction of sp³-hybridized carbons (Fsp3) is 0.922. The molecule has 10 heteroatoms. The number of ether oxygens (including phenoxy) is 4. The molecule has 61 heavy (non-hydrogen) atoms. The smallest absolute Gasteiger partial charge is 0.306 e. The summed E-state index contributed by atoms with van der Waals surface area (Å²) in [5.74, 6) is -0.803. The molecule has 0 aromatic heterocycles. The van der Waals surface area contributed by atoms with Gasteiger partial charge in [-0.1, -0.05) is 206 Å². The quantitative estimate of drug-likeness (QED) is 0.0264. The Kier molecular flexibility index (Phi) is 39.9. The van der Waals surface area contributed by atoms with Gasteiger partial charge in [-0.3, -0.25) is 9.59 Å². The lowest BCUT2D eigenvalue weighted by molar-refractivity contribution is -0.305. The largest absolute Gasteiger partial charge is 0.462 e. The summed E-state index contributed by atoms with van der Waals surface area (Å²) >= 11 is 0. The van der Waals surface area contributed by atoms with Crippen LogP contribution in [0.25, 0.3) is 0 Å². The molecule has 0 aliphatic carbocycles. The van der Waals surface area contributed by atoms with Crippen LogP contribution in [0.15, 0.2) is 12.2 Å². The van der Waals surface area contributed by atoms with E-state index in [0.29, 0.717) is 6.42 Å². The molecule has 1 saturated heterocycles. The second-order valence-electron chi connectivity index (χ2n) is 18.0. The lowest BCUT2D eigenvalue weighted by Crippen LogP contribution is -2.59. The molecule has 4 N–H and O–H groups in total. The highest BCUT2D eigenvalue weighted by atomic mass is 16.7. The Hall–Kier alpha value is -1.56. The summed E-state index contributed by atoms with van der Waals surface area (Å²) in [5, 5.41) is 40.1. The van der Waals surface area contributed by atoms with Gasteiger partial charge in [0.2, 0.25) is 0 Å². The van der Waals surface area contributed by atoms with Gasteiger partial charge in [0.15, 0.2) is 12.4 Å². The fourth-order valence-electron chi connectivity index (χ4n) is 8.07. The van der Waals surface area contributed by atoms with E-state index in [0.717, 1.165) is 57.8 Å². The van der Waals surface area contributed by atoms with Crippen molar-refractivity contribution in [2.24, 2.45) is 0 Å². The van der Waals surface area contributed by atoms with Crippen molar-refractivity contribution in [1.82, 2.24) is 0 Å². The van der Waals surface area contributed by atoms with Gasteiger partial charge in [0.05, 0.1) is 13.2 Å². The third-order valence-electron chi connectivity index (χ3n) is 12.2. The number of unbranched alkanes of at least 4 members (excludes halogenated alkanes) is 31. The zero-order chi connectivity index (χ0) is 44.4. The Labute approximate surface area is 373 Å². The van der Waals surface area contributed by atoms with Crippen LogP contribution < -0.4 is 0 Å². The molecule has 0 radical (unpaired) electrons. The molecule has 0 bridgehead atoms. The van der Waals surface area contributed by atoms with E-state index in [4.69, 9.17) is 18.9 Å². The van der Waals surface area contributed by atoms with Crippen molar-refractivity contribution in [2.45, 2.75) is 282 Å². The molecule has 1 aliphatic rings. The molecule has 0 aromatic rings. The third-order valence-corrected chi connectivity index (χ3v) is 12.2.